The second-order valence-electron chi connectivity index (χ2n) is 6.16. The van der Waals surface area contributed by atoms with Gasteiger partial charge in [0.15, 0.2) is 0 Å². The summed E-state index contributed by atoms with van der Waals surface area (Å²) in [5, 5.41) is 8.09. The molecule has 1 heterocycles. The van der Waals surface area contributed by atoms with Gasteiger partial charge < -0.3 is 15.8 Å². The van der Waals surface area contributed by atoms with E-state index in [-0.39, 0.29) is 13.2 Å². The number of fused-ring (bicyclic) bond motifs is 1. The van der Waals surface area contributed by atoms with Gasteiger partial charge in [0.05, 0.1) is 11.3 Å². The summed E-state index contributed by atoms with van der Waals surface area (Å²) in [4.78, 5) is 22.1. The van der Waals surface area contributed by atoms with Crippen LogP contribution in [-0.2, 0) is 16.1 Å². The molecule has 0 aliphatic carbocycles. The summed E-state index contributed by atoms with van der Waals surface area (Å²) in [5.41, 5.74) is 7.87. The predicted octanol–water partition coefficient (Wildman–Crippen LogP) is 2.32. The van der Waals surface area contributed by atoms with E-state index in [2.05, 4.69) is 15.2 Å². The van der Waals surface area contributed by atoms with Gasteiger partial charge in [0.1, 0.15) is 12.1 Å². The zero-order valence-electron chi connectivity index (χ0n) is 15.1. The number of nitrogens with zero attached hydrogens (tertiary/aromatic N) is 2. The van der Waals surface area contributed by atoms with Crippen molar-refractivity contribution in [1.29, 1.82) is 0 Å². The molecule has 29 heavy (non-hydrogen) atoms. The molecule has 0 atom stereocenters. The molecule has 3 rings (SSSR count). The topological polar surface area (TPSA) is 99.2 Å². The van der Waals surface area contributed by atoms with Crippen LogP contribution in [-0.4, -0.2) is 41.0 Å². The van der Waals surface area contributed by atoms with Crippen LogP contribution in [0.3, 0.4) is 0 Å². The summed E-state index contributed by atoms with van der Waals surface area (Å²) in [7, 11) is 0. The second-order valence-corrected chi connectivity index (χ2v) is 6.16. The number of alkyl halides is 3. The first kappa shape index (κ1) is 20.3. The summed E-state index contributed by atoms with van der Waals surface area (Å²) in [5.74, 6) is -2.75. The third-order valence-corrected chi connectivity index (χ3v) is 4.08. The van der Waals surface area contributed by atoms with Crippen molar-refractivity contribution < 1.29 is 27.5 Å². The average molecular weight is 406 g/mol. The number of hydrogen-bond acceptors (Lipinski definition) is 5. The Morgan fingerprint density at radius 3 is 2.52 bits per heavy atom. The third kappa shape index (κ3) is 4.91. The maximum absolute atomic E-state index is 12.0. The Hall–Kier alpha value is -3.40. The summed E-state index contributed by atoms with van der Waals surface area (Å²) in [6.45, 7) is 0.0965. The van der Waals surface area contributed by atoms with E-state index in [0.29, 0.717) is 17.6 Å². The van der Waals surface area contributed by atoms with E-state index < -0.39 is 18.1 Å². The molecule has 10 heteroatoms. The average Bonchev–Trinajstić information content (AvgIpc) is 3.11. The van der Waals surface area contributed by atoms with Crippen molar-refractivity contribution in [2.45, 2.75) is 12.7 Å². The number of carbonyl (C=O) groups excluding carboxylic acids is 2. The van der Waals surface area contributed by atoms with Crippen molar-refractivity contribution in [1.82, 2.24) is 15.1 Å². The highest BCUT2D eigenvalue weighted by Crippen LogP contribution is 2.20. The number of benzene rings is 2. The zero-order chi connectivity index (χ0) is 21.0. The van der Waals surface area contributed by atoms with Gasteiger partial charge >= 0.3 is 12.1 Å². The van der Waals surface area contributed by atoms with Gasteiger partial charge in [-0.2, -0.15) is 18.3 Å². The van der Waals surface area contributed by atoms with Gasteiger partial charge in [-0.3, -0.25) is 4.79 Å². The largest absolute Gasteiger partial charge is 0.490 e. The number of nitrogens with one attached hydrogen (secondary N) is 1. The number of carbonyl (C=O) groups is 2. The molecule has 3 N–H and O–H groups in total. The van der Waals surface area contributed by atoms with Gasteiger partial charge in [-0.05, 0) is 23.8 Å². The molecule has 0 aliphatic rings. The van der Waals surface area contributed by atoms with E-state index in [4.69, 9.17) is 5.73 Å². The lowest BCUT2D eigenvalue weighted by molar-refractivity contribution is -0.199. The minimum Gasteiger partial charge on any atom is -0.458 e. The lowest BCUT2D eigenvalue weighted by Crippen LogP contribution is -2.29. The summed E-state index contributed by atoms with van der Waals surface area (Å²) < 4.78 is 41.8. The van der Waals surface area contributed by atoms with E-state index in [1.54, 1.807) is 23.0 Å². The number of primary amides is 1. The molecule has 1 amide bonds. The van der Waals surface area contributed by atoms with Crippen LogP contribution in [0.2, 0.25) is 0 Å². The fraction of sp³-hybridized carbons (Fsp3) is 0.211. The molecule has 0 fully saturated rings. The van der Waals surface area contributed by atoms with Crippen molar-refractivity contribution in [2.75, 3.05) is 13.2 Å². The Labute approximate surface area is 163 Å². The van der Waals surface area contributed by atoms with Crippen molar-refractivity contribution in [2.24, 2.45) is 5.73 Å². The number of esters is 1. The molecule has 3 aromatic rings. The van der Waals surface area contributed by atoms with Crippen LogP contribution < -0.4 is 11.1 Å². The summed E-state index contributed by atoms with van der Waals surface area (Å²) in [6, 6.07) is 12.5. The van der Waals surface area contributed by atoms with E-state index in [1.807, 2.05) is 30.3 Å². The number of hydrogen-bond donors (Lipinski definition) is 2. The molecule has 0 bridgehead atoms. The fourth-order valence-electron chi connectivity index (χ4n) is 2.67. The quantitative estimate of drug-likeness (QED) is 0.464. The molecule has 7 nitrogen and oxygen atoms in total. The van der Waals surface area contributed by atoms with Gasteiger partial charge in [-0.25, -0.2) is 9.48 Å². The Morgan fingerprint density at radius 2 is 1.86 bits per heavy atom. The lowest BCUT2D eigenvalue weighted by atomic mass is 10.1. The highest BCUT2D eigenvalue weighted by Gasteiger charge is 2.40. The highest BCUT2D eigenvalue weighted by atomic mass is 19.4. The SMILES string of the molecule is NC(=O)c1cccc2cn(-c3ccc(CNCCOC(=O)C(F)(F)F)cc3)nc12. The monoisotopic (exact) mass is 406 g/mol. The van der Waals surface area contributed by atoms with E-state index in [9.17, 15) is 22.8 Å². The number of halogens is 3. The minimum atomic E-state index is -4.98. The van der Waals surface area contributed by atoms with Crippen LogP contribution in [0.4, 0.5) is 13.2 Å². The maximum Gasteiger partial charge on any atom is 0.490 e. The molecule has 0 aliphatic heterocycles. The van der Waals surface area contributed by atoms with Crippen molar-refractivity contribution in [3.63, 3.8) is 0 Å². The molecule has 2 aromatic carbocycles. The molecule has 0 spiro atoms. The first-order chi connectivity index (χ1) is 13.8. The van der Waals surface area contributed by atoms with Crippen LogP contribution in [0, 0.1) is 0 Å². The van der Waals surface area contributed by atoms with E-state index >= 15 is 0 Å². The summed E-state index contributed by atoms with van der Waals surface area (Å²) >= 11 is 0. The Morgan fingerprint density at radius 1 is 1.14 bits per heavy atom. The predicted molar refractivity (Wildman–Crippen MR) is 98.3 cm³/mol. The molecule has 0 saturated heterocycles. The van der Waals surface area contributed by atoms with Crippen LogP contribution in [0.15, 0.2) is 48.7 Å². The van der Waals surface area contributed by atoms with Gasteiger partial charge in [0.2, 0.25) is 0 Å². The van der Waals surface area contributed by atoms with E-state index in [1.165, 1.54) is 0 Å². The standard InChI is InChI=1S/C19H17F3N4O3/c20-19(21,22)18(28)29-9-8-24-10-12-4-6-14(7-5-12)26-11-13-2-1-3-15(17(23)27)16(13)25-26/h1-7,11,24H,8-10H2,(H2,23,27). The smallest absolute Gasteiger partial charge is 0.458 e. The number of ether oxygens (including phenoxy) is 1. The first-order valence-electron chi connectivity index (χ1n) is 8.58. The molecular formula is C19H17F3N4O3. The Balaban J connectivity index is 1.58. The molecule has 152 valence electrons. The van der Waals surface area contributed by atoms with Gasteiger partial charge in [0, 0.05) is 24.7 Å². The van der Waals surface area contributed by atoms with Crippen molar-refractivity contribution in [3.8, 4) is 5.69 Å². The van der Waals surface area contributed by atoms with E-state index in [0.717, 1.165) is 16.6 Å². The highest BCUT2D eigenvalue weighted by molar-refractivity contribution is 6.04. The lowest BCUT2D eigenvalue weighted by Gasteiger charge is -2.08. The van der Waals surface area contributed by atoms with Crippen LogP contribution in [0.1, 0.15) is 15.9 Å². The molecule has 0 saturated carbocycles. The molecule has 1 aromatic heterocycles. The van der Waals surface area contributed by atoms with Crippen molar-refractivity contribution >= 4 is 22.8 Å². The first-order valence-corrected chi connectivity index (χ1v) is 8.58. The number of rotatable bonds is 7. The molecule has 0 unspecified atom stereocenters. The normalized spacial score (nSPS) is 11.6. The zero-order valence-corrected chi connectivity index (χ0v) is 15.1. The minimum absolute atomic E-state index is 0.0873. The van der Waals surface area contributed by atoms with Gasteiger partial charge in [0.25, 0.3) is 5.91 Å². The Bertz CT molecular complexity index is 1030. The fourth-order valence-corrected chi connectivity index (χ4v) is 2.67. The second kappa shape index (κ2) is 8.31. The number of amides is 1. The van der Waals surface area contributed by atoms with Crippen molar-refractivity contribution in [3.05, 3.63) is 59.8 Å². The molecular weight excluding hydrogens is 389 g/mol. The number of nitrogens with two attached hydrogens (primary N) is 1. The van der Waals surface area contributed by atoms with Crippen LogP contribution >= 0.6 is 0 Å². The Kier molecular flexibility index (Phi) is 5.83. The maximum atomic E-state index is 12.0. The molecule has 0 radical (unpaired) electrons. The van der Waals surface area contributed by atoms with Crippen LogP contribution in [0.5, 0.6) is 0 Å². The van der Waals surface area contributed by atoms with Gasteiger partial charge in [-0.15, -0.1) is 0 Å². The van der Waals surface area contributed by atoms with Crippen LogP contribution in [0.25, 0.3) is 16.6 Å². The third-order valence-electron chi connectivity index (χ3n) is 4.08. The summed E-state index contributed by atoms with van der Waals surface area (Å²) in [6.07, 6.45) is -3.20. The number of aromatic nitrogens is 2. The van der Waals surface area contributed by atoms with Gasteiger partial charge in [-0.1, -0.05) is 24.3 Å².